The second kappa shape index (κ2) is 7.44. The van der Waals surface area contributed by atoms with E-state index in [0.717, 1.165) is 28.8 Å². The number of hydrogen-bond donors (Lipinski definition) is 0. The largest absolute Gasteiger partial charge is 0.455 e. The zero-order valence-electron chi connectivity index (χ0n) is 16.1. The molecule has 4 aromatic rings. The third-order valence-electron chi connectivity index (χ3n) is 5.15. The van der Waals surface area contributed by atoms with Gasteiger partial charge in [0.25, 0.3) is 11.1 Å². The normalized spacial score (nSPS) is 13.6. The lowest BCUT2D eigenvalue weighted by Crippen LogP contribution is -2.35. The fraction of sp³-hybridized carbons (Fsp3) is 0.217. The molecule has 3 heterocycles. The molecule has 0 atom stereocenters. The molecular weight excluding hydrogens is 384 g/mol. The Bertz CT molecular complexity index is 1190. The summed E-state index contributed by atoms with van der Waals surface area (Å²) in [4.78, 5) is 19.2. The van der Waals surface area contributed by atoms with Crippen molar-refractivity contribution in [3.05, 3.63) is 82.8 Å². The Morgan fingerprint density at radius 1 is 1.10 bits per heavy atom. The zero-order chi connectivity index (χ0) is 19.8. The standard InChI is InChI=1S/C23H20N2O3S/c1-15-6-8-20-19(12-15)24-23(28-20)29-14-18-7-9-21(27-18)22(26)25-11-10-16-4-2-3-5-17(16)13-25/h2-9,12H,10-11,13-14H2,1H3. The Labute approximate surface area is 172 Å². The quantitative estimate of drug-likeness (QED) is 0.437. The Hall–Kier alpha value is -2.99. The van der Waals surface area contributed by atoms with Crippen LogP contribution in [-0.4, -0.2) is 22.3 Å². The molecule has 0 fully saturated rings. The van der Waals surface area contributed by atoms with Crippen LogP contribution >= 0.6 is 11.8 Å². The van der Waals surface area contributed by atoms with Gasteiger partial charge in [0.15, 0.2) is 11.3 Å². The monoisotopic (exact) mass is 404 g/mol. The highest BCUT2D eigenvalue weighted by atomic mass is 32.2. The molecule has 0 aliphatic carbocycles. The van der Waals surface area contributed by atoms with Gasteiger partial charge in [-0.3, -0.25) is 4.79 Å². The van der Waals surface area contributed by atoms with Crippen LogP contribution in [0.4, 0.5) is 0 Å². The average molecular weight is 404 g/mol. The van der Waals surface area contributed by atoms with E-state index in [1.165, 1.54) is 22.9 Å². The highest BCUT2D eigenvalue weighted by Crippen LogP contribution is 2.28. The third-order valence-corrected chi connectivity index (χ3v) is 6.00. The topological polar surface area (TPSA) is 59.5 Å². The van der Waals surface area contributed by atoms with Crippen molar-refractivity contribution in [2.45, 2.75) is 30.9 Å². The summed E-state index contributed by atoms with van der Waals surface area (Å²) in [7, 11) is 0. The first-order chi connectivity index (χ1) is 14.2. The molecule has 5 rings (SSSR count). The number of hydrogen-bond acceptors (Lipinski definition) is 5. The number of benzene rings is 2. The van der Waals surface area contributed by atoms with E-state index in [4.69, 9.17) is 8.83 Å². The van der Waals surface area contributed by atoms with Crippen molar-refractivity contribution in [2.24, 2.45) is 0 Å². The third kappa shape index (κ3) is 3.68. The maximum atomic E-state index is 12.8. The van der Waals surface area contributed by atoms with Crippen LogP contribution in [0.25, 0.3) is 11.1 Å². The number of carbonyl (C=O) groups is 1. The molecule has 0 saturated carbocycles. The van der Waals surface area contributed by atoms with Gasteiger partial charge in [-0.15, -0.1) is 0 Å². The van der Waals surface area contributed by atoms with E-state index in [9.17, 15) is 4.79 Å². The van der Waals surface area contributed by atoms with E-state index in [1.807, 2.05) is 48.2 Å². The molecule has 2 aromatic carbocycles. The van der Waals surface area contributed by atoms with Gasteiger partial charge in [-0.1, -0.05) is 42.1 Å². The summed E-state index contributed by atoms with van der Waals surface area (Å²) in [6.45, 7) is 3.37. The van der Waals surface area contributed by atoms with Crippen molar-refractivity contribution in [3.63, 3.8) is 0 Å². The molecule has 1 aliphatic heterocycles. The first kappa shape index (κ1) is 18.1. The Morgan fingerprint density at radius 3 is 2.86 bits per heavy atom. The SMILES string of the molecule is Cc1ccc2oc(SCc3ccc(C(=O)N4CCc5ccccc5C4)o3)nc2c1. The molecule has 0 radical (unpaired) electrons. The lowest BCUT2D eigenvalue weighted by Gasteiger charge is -2.28. The molecule has 2 aromatic heterocycles. The highest BCUT2D eigenvalue weighted by molar-refractivity contribution is 7.98. The average Bonchev–Trinajstić information content (AvgIpc) is 3.37. The lowest BCUT2D eigenvalue weighted by atomic mass is 10.00. The zero-order valence-corrected chi connectivity index (χ0v) is 16.9. The van der Waals surface area contributed by atoms with Crippen molar-refractivity contribution in [3.8, 4) is 0 Å². The van der Waals surface area contributed by atoms with Crippen LogP contribution in [0.15, 0.2) is 68.7 Å². The number of furan rings is 1. The van der Waals surface area contributed by atoms with Gasteiger partial charge in [-0.25, -0.2) is 4.98 Å². The van der Waals surface area contributed by atoms with Gasteiger partial charge in [0, 0.05) is 13.1 Å². The molecule has 0 spiro atoms. The number of nitrogens with zero attached hydrogens (tertiary/aromatic N) is 2. The number of thioether (sulfide) groups is 1. The van der Waals surface area contributed by atoms with Crippen molar-refractivity contribution in [1.82, 2.24) is 9.88 Å². The van der Waals surface area contributed by atoms with E-state index in [-0.39, 0.29) is 5.91 Å². The van der Waals surface area contributed by atoms with E-state index in [1.54, 1.807) is 6.07 Å². The minimum Gasteiger partial charge on any atom is -0.455 e. The molecular formula is C23H20N2O3S. The molecule has 146 valence electrons. The number of aryl methyl sites for hydroxylation is 1. The molecule has 29 heavy (non-hydrogen) atoms. The second-order valence-electron chi connectivity index (χ2n) is 7.25. The summed E-state index contributed by atoms with van der Waals surface area (Å²) in [5.74, 6) is 1.61. The number of rotatable bonds is 4. The number of carbonyl (C=O) groups excluding carboxylic acids is 1. The van der Waals surface area contributed by atoms with Crippen LogP contribution in [0.2, 0.25) is 0 Å². The number of fused-ring (bicyclic) bond motifs is 2. The minimum absolute atomic E-state index is 0.0620. The van der Waals surface area contributed by atoms with Crippen LogP contribution in [-0.2, 0) is 18.7 Å². The first-order valence-corrected chi connectivity index (χ1v) is 10.6. The lowest BCUT2D eigenvalue weighted by molar-refractivity contribution is 0.0701. The van der Waals surface area contributed by atoms with Crippen LogP contribution in [0.1, 0.15) is 33.0 Å². The van der Waals surface area contributed by atoms with Gasteiger partial charge in [-0.2, -0.15) is 0 Å². The van der Waals surface area contributed by atoms with Crippen molar-refractivity contribution in [1.29, 1.82) is 0 Å². The second-order valence-corrected chi connectivity index (χ2v) is 8.18. The Kier molecular flexibility index (Phi) is 4.64. The van der Waals surface area contributed by atoms with Crippen LogP contribution in [0.3, 0.4) is 0 Å². The maximum absolute atomic E-state index is 12.8. The van der Waals surface area contributed by atoms with Gasteiger partial charge in [-0.05, 0) is 54.3 Å². The summed E-state index contributed by atoms with van der Waals surface area (Å²) in [6, 6.07) is 17.8. The molecule has 1 aliphatic rings. The molecule has 0 bridgehead atoms. The van der Waals surface area contributed by atoms with E-state index in [0.29, 0.717) is 29.8 Å². The number of aromatic nitrogens is 1. The molecule has 6 heteroatoms. The minimum atomic E-state index is -0.0620. The Balaban J connectivity index is 1.25. The van der Waals surface area contributed by atoms with Crippen molar-refractivity contribution >= 4 is 28.8 Å². The van der Waals surface area contributed by atoms with Gasteiger partial charge in [0.2, 0.25) is 0 Å². The summed E-state index contributed by atoms with van der Waals surface area (Å²) in [5, 5.41) is 0.600. The summed E-state index contributed by atoms with van der Waals surface area (Å²) in [5.41, 5.74) is 5.31. The molecule has 0 unspecified atom stereocenters. The van der Waals surface area contributed by atoms with Gasteiger partial charge in [0.05, 0.1) is 5.75 Å². The van der Waals surface area contributed by atoms with E-state index in [2.05, 4.69) is 17.1 Å². The van der Waals surface area contributed by atoms with Crippen molar-refractivity contribution < 1.29 is 13.6 Å². The molecule has 0 N–H and O–H groups in total. The Morgan fingerprint density at radius 2 is 1.97 bits per heavy atom. The smallest absolute Gasteiger partial charge is 0.289 e. The van der Waals surface area contributed by atoms with E-state index < -0.39 is 0 Å². The van der Waals surface area contributed by atoms with Gasteiger partial charge < -0.3 is 13.7 Å². The van der Waals surface area contributed by atoms with Crippen molar-refractivity contribution in [2.75, 3.05) is 6.54 Å². The number of oxazole rings is 1. The fourth-order valence-corrected chi connectivity index (χ4v) is 4.34. The fourth-order valence-electron chi connectivity index (χ4n) is 3.61. The van der Waals surface area contributed by atoms with Gasteiger partial charge in [0.1, 0.15) is 11.3 Å². The number of amides is 1. The maximum Gasteiger partial charge on any atom is 0.289 e. The molecule has 5 nitrogen and oxygen atoms in total. The predicted molar refractivity (Wildman–Crippen MR) is 112 cm³/mol. The highest BCUT2D eigenvalue weighted by Gasteiger charge is 2.24. The summed E-state index contributed by atoms with van der Waals surface area (Å²) < 4.78 is 11.6. The first-order valence-electron chi connectivity index (χ1n) is 9.60. The molecule has 1 amide bonds. The van der Waals surface area contributed by atoms with Gasteiger partial charge >= 0.3 is 0 Å². The van der Waals surface area contributed by atoms with E-state index >= 15 is 0 Å². The molecule has 0 saturated heterocycles. The van der Waals surface area contributed by atoms with Crippen LogP contribution in [0.5, 0.6) is 0 Å². The van der Waals surface area contributed by atoms with Crippen LogP contribution < -0.4 is 0 Å². The summed E-state index contributed by atoms with van der Waals surface area (Å²) >= 11 is 1.46. The van der Waals surface area contributed by atoms with Crippen LogP contribution in [0, 0.1) is 6.92 Å². The predicted octanol–water partition coefficient (Wildman–Crippen LogP) is 5.22. The summed E-state index contributed by atoms with van der Waals surface area (Å²) in [6.07, 6.45) is 0.878.